The van der Waals surface area contributed by atoms with Crippen molar-refractivity contribution in [2.24, 2.45) is 5.92 Å². The Labute approximate surface area is 205 Å². The summed E-state index contributed by atoms with van der Waals surface area (Å²) in [5, 5.41) is 13.5. The van der Waals surface area contributed by atoms with Crippen LogP contribution in [0.1, 0.15) is 29.6 Å². The summed E-state index contributed by atoms with van der Waals surface area (Å²) in [5.41, 5.74) is 1.15. The minimum absolute atomic E-state index is 0.254. The lowest BCUT2D eigenvalue weighted by Crippen LogP contribution is -2.51. The molecule has 1 aliphatic carbocycles. The van der Waals surface area contributed by atoms with Gasteiger partial charge in [-0.2, -0.15) is 5.26 Å². The number of aromatic nitrogens is 1. The lowest BCUT2D eigenvalue weighted by Gasteiger charge is -2.31. The van der Waals surface area contributed by atoms with Gasteiger partial charge in [0.2, 0.25) is 5.91 Å². The Hall–Kier alpha value is -3.57. The zero-order valence-electron chi connectivity index (χ0n) is 18.6. The highest BCUT2D eigenvalue weighted by Gasteiger charge is 2.62. The molecule has 2 fully saturated rings. The van der Waals surface area contributed by atoms with E-state index in [0.29, 0.717) is 34.3 Å². The smallest absolute Gasteiger partial charge is 0.268 e. The molecule has 1 saturated heterocycles. The Morgan fingerprint density at radius 1 is 1.14 bits per heavy atom. The summed E-state index contributed by atoms with van der Waals surface area (Å²) < 4.78 is 28.4. The highest BCUT2D eigenvalue weighted by molar-refractivity contribution is 6.30. The van der Waals surface area contributed by atoms with Crippen LogP contribution in [0.25, 0.3) is 22.0 Å². The molecular formula is C26H21ClF2N4O2. The number of alkyl halides is 2. The number of likely N-dealkylation sites (tertiary alicyclic amines) is 1. The second-order valence-corrected chi connectivity index (χ2v) is 9.54. The van der Waals surface area contributed by atoms with Gasteiger partial charge in [-0.25, -0.2) is 8.78 Å². The number of pyridine rings is 1. The van der Waals surface area contributed by atoms with Crippen LogP contribution in [0.3, 0.4) is 0 Å². The lowest BCUT2D eigenvalue weighted by atomic mass is 9.91. The van der Waals surface area contributed by atoms with Gasteiger partial charge in [-0.3, -0.25) is 14.6 Å². The first-order chi connectivity index (χ1) is 16.7. The number of nitrogens with zero attached hydrogens (tertiary/aromatic N) is 3. The SMILES string of the molecule is N#C[C@]1(C2CC2)CC(F)(F)CN1C(=O)CNC(=O)c1ccnc2ccc(-c3ccc(Cl)cc3)cc12. The van der Waals surface area contributed by atoms with E-state index < -0.39 is 42.8 Å². The first kappa shape index (κ1) is 23.2. The van der Waals surface area contributed by atoms with Crippen molar-refractivity contribution in [3.63, 3.8) is 0 Å². The van der Waals surface area contributed by atoms with E-state index >= 15 is 0 Å². The summed E-state index contributed by atoms with van der Waals surface area (Å²) in [6, 6.07) is 16.3. The van der Waals surface area contributed by atoms with E-state index in [1.54, 1.807) is 24.3 Å². The van der Waals surface area contributed by atoms with Crippen molar-refractivity contribution in [2.45, 2.75) is 30.7 Å². The fraction of sp³-hybridized carbons (Fsp3) is 0.308. The van der Waals surface area contributed by atoms with E-state index in [1.165, 1.54) is 6.20 Å². The molecule has 1 atom stereocenters. The minimum atomic E-state index is -3.13. The van der Waals surface area contributed by atoms with Gasteiger partial charge in [0.1, 0.15) is 5.54 Å². The summed E-state index contributed by atoms with van der Waals surface area (Å²) in [5.74, 6) is -4.60. The Kier molecular flexibility index (Phi) is 5.68. The molecule has 0 radical (unpaired) electrons. The number of carbonyl (C=O) groups is 2. The second-order valence-electron chi connectivity index (χ2n) is 9.10. The van der Waals surface area contributed by atoms with E-state index in [2.05, 4.69) is 10.3 Å². The van der Waals surface area contributed by atoms with E-state index in [9.17, 15) is 23.6 Å². The van der Waals surface area contributed by atoms with Crippen LogP contribution in [0.2, 0.25) is 5.02 Å². The van der Waals surface area contributed by atoms with Crippen molar-refractivity contribution in [1.29, 1.82) is 5.26 Å². The first-order valence-electron chi connectivity index (χ1n) is 11.2. The van der Waals surface area contributed by atoms with E-state index in [0.717, 1.165) is 16.0 Å². The molecule has 0 bridgehead atoms. The van der Waals surface area contributed by atoms with E-state index in [1.807, 2.05) is 30.3 Å². The Morgan fingerprint density at radius 3 is 2.54 bits per heavy atom. The number of hydrogen-bond acceptors (Lipinski definition) is 4. The summed E-state index contributed by atoms with van der Waals surface area (Å²) in [7, 11) is 0. The third kappa shape index (κ3) is 4.32. The number of nitriles is 1. The highest BCUT2D eigenvalue weighted by Crippen LogP contribution is 2.52. The van der Waals surface area contributed by atoms with Crippen LogP contribution in [0.15, 0.2) is 54.7 Å². The molecular weight excluding hydrogens is 474 g/mol. The van der Waals surface area contributed by atoms with Crippen molar-refractivity contribution in [2.75, 3.05) is 13.1 Å². The topological polar surface area (TPSA) is 86.1 Å². The summed E-state index contributed by atoms with van der Waals surface area (Å²) in [6.45, 7) is -1.29. The van der Waals surface area contributed by atoms with Crippen molar-refractivity contribution < 1.29 is 18.4 Å². The molecule has 9 heteroatoms. The van der Waals surface area contributed by atoms with Crippen LogP contribution in [0, 0.1) is 17.2 Å². The molecule has 0 spiro atoms. The van der Waals surface area contributed by atoms with Crippen molar-refractivity contribution in [3.05, 3.63) is 65.3 Å². The maximum atomic E-state index is 14.2. The standard InChI is InChI=1S/C26H21ClF2N4O2/c27-19-6-1-16(2-7-19)17-3-8-22-21(11-17)20(9-10-31-22)24(35)32-12-23(34)33-15-26(28,29)13-25(33,14-30)18-4-5-18/h1-3,6-11,18H,4-5,12-13,15H2,(H,32,35)/t25-/m0/s1. The lowest BCUT2D eigenvalue weighted by molar-refractivity contribution is -0.134. The van der Waals surface area contributed by atoms with E-state index in [4.69, 9.17) is 11.6 Å². The molecule has 178 valence electrons. The average Bonchev–Trinajstić information content (AvgIpc) is 3.66. The van der Waals surface area contributed by atoms with Gasteiger partial charge in [-0.15, -0.1) is 0 Å². The summed E-state index contributed by atoms with van der Waals surface area (Å²) >= 11 is 5.98. The molecule has 1 aromatic heterocycles. The van der Waals surface area contributed by atoms with Gasteiger partial charge >= 0.3 is 0 Å². The maximum absolute atomic E-state index is 14.2. The Bertz CT molecular complexity index is 1370. The largest absolute Gasteiger partial charge is 0.343 e. The van der Waals surface area contributed by atoms with Crippen LogP contribution < -0.4 is 5.32 Å². The molecule has 0 unspecified atom stereocenters. The number of amides is 2. The number of rotatable bonds is 5. The average molecular weight is 495 g/mol. The van der Waals surface area contributed by atoms with Crippen LogP contribution in [-0.4, -0.2) is 46.2 Å². The van der Waals surface area contributed by atoms with Crippen molar-refractivity contribution in [1.82, 2.24) is 15.2 Å². The zero-order valence-corrected chi connectivity index (χ0v) is 19.4. The van der Waals surface area contributed by atoms with Gasteiger partial charge < -0.3 is 10.2 Å². The molecule has 1 aliphatic heterocycles. The highest BCUT2D eigenvalue weighted by atomic mass is 35.5. The van der Waals surface area contributed by atoms with Gasteiger partial charge in [-0.1, -0.05) is 29.8 Å². The third-order valence-corrected chi connectivity index (χ3v) is 6.96. The molecule has 2 aliphatic rings. The number of nitrogens with one attached hydrogen (secondary N) is 1. The van der Waals surface area contributed by atoms with Gasteiger partial charge in [0.15, 0.2) is 0 Å². The predicted molar refractivity (Wildman–Crippen MR) is 127 cm³/mol. The number of carbonyl (C=O) groups excluding carboxylic acids is 2. The van der Waals surface area contributed by atoms with E-state index in [-0.39, 0.29) is 5.92 Å². The minimum Gasteiger partial charge on any atom is -0.343 e. The molecule has 2 heterocycles. The first-order valence-corrected chi connectivity index (χ1v) is 11.6. The molecule has 1 saturated carbocycles. The van der Waals surface area contributed by atoms with Gasteiger partial charge in [0.25, 0.3) is 11.8 Å². The van der Waals surface area contributed by atoms with Gasteiger partial charge in [0, 0.05) is 16.6 Å². The Balaban J connectivity index is 1.37. The van der Waals surface area contributed by atoms with Crippen molar-refractivity contribution >= 4 is 34.3 Å². The third-order valence-electron chi connectivity index (χ3n) is 6.71. The molecule has 6 nitrogen and oxygen atoms in total. The van der Waals surface area contributed by atoms with Gasteiger partial charge in [-0.05, 0) is 60.2 Å². The molecule has 5 rings (SSSR count). The van der Waals surface area contributed by atoms with Crippen molar-refractivity contribution in [3.8, 4) is 17.2 Å². The monoisotopic (exact) mass is 494 g/mol. The number of fused-ring (bicyclic) bond motifs is 1. The molecule has 2 amide bonds. The van der Waals surface area contributed by atoms with Crippen LogP contribution in [-0.2, 0) is 4.79 Å². The maximum Gasteiger partial charge on any atom is 0.268 e. The van der Waals surface area contributed by atoms with Crippen LogP contribution in [0.5, 0.6) is 0 Å². The quantitative estimate of drug-likeness (QED) is 0.550. The second kappa shape index (κ2) is 8.58. The fourth-order valence-electron chi connectivity index (χ4n) is 4.86. The molecule has 3 aromatic rings. The summed E-state index contributed by atoms with van der Waals surface area (Å²) in [6.07, 6.45) is 2.11. The number of halogens is 3. The van der Waals surface area contributed by atoms with Crippen LogP contribution in [0.4, 0.5) is 8.78 Å². The van der Waals surface area contributed by atoms with Gasteiger partial charge in [0.05, 0.1) is 36.7 Å². The summed E-state index contributed by atoms with van der Waals surface area (Å²) in [4.78, 5) is 31.2. The normalized spacial score (nSPS) is 21.0. The Morgan fingerprint density at radius 2 is 1.86 bits per heavy atom. The number of benzene rings is 2. The molecule has 35 heavy (non-hydrogen) atoms. The predicted octanol–water partition coefficient (Wildman–Crippen LogP) is 4.82. The molecule has 2 aromatic carbocycles. The fourth-order valence-corrected chi connectivity index (χ4v) is 4.98. The zero-order chi connectivity index (χ0) is 24.8. The van der Waals surface area contributed by atoms with Crippen LogP contribution >= 0.6 is 11.6 Å². The molecule has 1 N–H and O–H groups in total. The number of hydrogen-bond donors (Lipinski definition) is 1.